The Morgan fingerprint density at radius 2 is 1.95 bits per heavy atom. The molecule has 3 N–H and O–H groups in total. The van der Waals surface area contributed by atoms with E-state index in [2.05, 4.69) is 15.3 Å². The number of hydrogen-bond acceptors (Lipinski definition) is 6. The van der Waals surface area contributed by atoms with Gasteiger partial charge in [-0.05, 0) is 31.2 Å². The molecule has 0 atom stereocenters. The van der Waals surface area contributed by atoms with E-state index in [4.69, 9.17) is 15.2 Å². The Morgan fingerprint density at radius 1 is 1.19 bits per heavy atom. The first-order valence-electron chi connectivity index (χ1n) is 6.83. The Labute approximate surface area is 124 Å². The number of nitrogens with two attached hydrogens (primary N) is 1. The highest BCUT2D eigenvalue weighted by Gasteiger charge is 2.04. The molecule has 0 fully saturated rings. The molecule has 0 bridgehead atoms. The Bertz CT molecular complexity index is 572. The molecule has 21 heavy (non-hydrogen) atoms. The number of benzene rings is 1. The van der Waals surface area contributed by atoms with Crippen LogP contribution in [0.3, 0.4) is 0 Å². The van der Waals surface area contributed by atoms with Gasteiger partial charge in [-0.2, -0.15) is 0 Å². The molecule has 0 aliphatic carbocycles. The lowest BCUT2D eigenvalue weighted by atomic mass is 10.3. The van der Waals surface area contributed by atoms with Crippen LogP contribution in [0.1, 0.15) is 12.7 Å². The minimum absolute atomic E-state index is 0.435. The van der Waals surface area contributed by atoms with Crippen molar-refractivity contribution in [2.24, 2.45) is 0 Å². The molecular formula is C15H20N4O2. The molecule has 1 aromatic carbocycles. The SMILES string of the molecule is CCOc1ccc(Nc2cc(N)nc(CCOC)n2)cc1. The summed E-state index contributed by atoms with van der Waals surface area (Å²) >= 11 is 0. The maximum Gasteiger partial charge on any atom is 0.136 e. The zero-order chi connectivity index (χ0) is 15.1. The largest absolute Gasteiger partial charge is 0.494 e. The van der Waals surface area contributed by atoms with Crippen molar-refractivity contribution in [1.29, 1.82) is 0 Å². The van der Waals surface area contributed by atoms with Crippen LogP contribution in [0.2, 0.25) is 0 Å². The summed E-state index contributed by atoms with van der Waals surface area (Å²) in [6, 6.07) is 9.37. The van der Waals surface area contributed by atoms with E-state index in [1.807, 2.05) is 31.2 Å². The maximum absolute atomic E-state index is 5.80. The third-order valence-electron chi connectivity index (χ3n) is 2.76. The van der Waals surface area contributed by atoms with Crippen molar-refractivity contribution in [2.45, 2.75) is 13.3 Å². The highest BCUT2D eigenvalue weighted by molar-refractivity contribution is 5.59. The van der Waals surface area contributed by atoms with Gasteiger partial charge in [-0.1, -0.05) is 0 Å². The van der Waals surface area contributed by atoms with E-state index < -0.39 is 0 Å². The lowest BCUT2D eigenvalue weighted by molar-refractivity contribution is 0.200. The van der Waals surface area contributed by atoms with Crippen molar-refractivity contribution < 1.29 is 9.47 Å². The minimum atomic E-state index is 0.435. The van der Waals surface area contributed by atoms with Crippen molar-refractivity contribution in [1.82, 2.24) is 9.97 Å². The first-order valence-corrected chi connectivity index (χ1v) is 6.83. The van der Waals surface area contributed by atoms with E-state index >= 15 is 0 Å². The molecule has 6 nitrogen and oxygen atoms in total. The summed E-state index contributed by atoms with van der Waals surface area (Å²) in [4.78, 5) is 8.59. The Kier molecular flexibility index (Phi) is 5.34. The van der Waals surface area contributed by atoms with Gasteiger partial charge in [0, 0.05) is 25.3 Å². The van der Waals surface area contributed by atoms with E-state index in [-0.39, 0.29) is 0 Å². The normalized spacial score (nSPS) is 10.4. The lowest BCUT2D eigenvalue weighted by Crippen LogP contribution is -2.06. The molecule has 2 rings (SSSR count). The van der Waals surface area contributed by atoms with Gasteiger partial charge in [-0.15, -0.1) is 0 Å². The second-order valence-electron chi connectivity index (χ2n) is 4.42. The smallest absolute Gasteiger partial charge is 0.136 e. The summed E-state index contributed by atoms with van der Waals surface area (Å²) in [5.74, 6) is 2.60. The number of anilines is 3. The first-order chi connectivity index (χ1) is 10.2. The van der Waals surface area contributed by atoms with Gasteiger partial charge in [0.05, 0.1) is 13.2 Å². The lowest BCUT2D eigenvalue weighted by Gasteiger charge is -2.09. The van der Waals surface area contributed by atoms with Crippen molar-refractivity contribution in [3.8, 4) is 5.75 Å². The number of ether oxygens (including phenoxy) is 2. The van der Waals surface area contributed by atoms with Crippen molar-refractivity contribution in [2.75, 3.05) is 31.4 Å². The quantitative estimate of drug-likeness (QED) is 0.814. The summed E-state index contributed by atoms with van der Waals surface area (Å²) in [5.41, 5.74) is 6.71. The van der Waals surface area contributed by atoms with E-state index in [0.29, 0.717) is 37.1 Å². The van der Waals surface area contributed by atoms with Crippen LogP contribution >= 0.6 is 0 Å². The number of aromatic nitrogens is 2. The van der Waals surface area contributed by atoms with Crippen molar-refractivity contribution >= 4 is 17.3 Å². The fourth-order valence-corrected chi connectivity index (χ4v) is 1.84. The van der Waals surface area contributed by atoms with Gasteiger partial charge >= 0.3 is 0 Å². The molecule has 1 aromatic heterocycles. The zero-order valence-corrected chi connectivity index (χ0v) is 12.3. The van der Waals surface area contributed by atoms with Crippen LogP contribution < -0.4 is 15.8 Å². The van der Waals surface area contributed by atoms with E-state index in [1.54, 1.807) is 13.2 Å². The summed E-state index contributed by atoms with van der Waals surface area (Å²) in [6.07, 6.45) is 0.625. The molecule has 112 valence electrons. The van der Waals surface area contributed by atoms with Crippen LogP contribution in [-0.4, -0.2) is 30.3 Å². The van der Waals surface area contributed by atoms with E-state index in [0.717, 1.165) is 11.4 Å². The molecular weight excluding hydrogens is 268 g/mol. The first kappa shape index (κ1) is 15.1. The highest BCUT2D eigenvalue weighted by Crippen LogP contribution is 2.20. The van der Waals surface area contributed by atoms with Gasteiger partial charge < -0.3 is 20.5 Å². The third-order valence-corrected chi connectivity index (χ3v) is 2.76. The molecule has 0 spiro atoms. The standard InChI is InChI=1S/C15H20N4O2/c1-3-21-12-6-4-11(5-7-12)17-15-10-13(16)18-14(19-15)8-9-20-2/h4-7,10H,3,8-9H2,1-2H3,(H3,16,17,18,19). The Balaban J connectivity index is 2.09. The summed E-state index contributed by atoms with van der Waals surface area (Å²) in [7, 11) is 1.64. The number of nitrogens with one attached hydrogen (secondary N) is 1. The molecule has 1 heterocycles. The third kappa shape index (κ3) is 4.61. The fraction of sp³-hybridized carbons (Fsp3) is 0.333. The molecule has 0 radical (unpaired) electrons. The number of nitrogens with zero attached hydrogens (tertiary/aromatic N) is 2. The molecule has 2 aromatic rings. The maximum atomic E-state index is 5.80. The second-order valence-corrected chi connectivity index (χ2v) is 4.42. The molecule has 0 saturated carbocycles. The predicted octanol–water partition coefficient (Wildman–Crippen LogP) is 2.39. The van der Waals surface area contributed by atoms with Crippen molar-refractivity contribution in [3.05, 3.63) is 36.2 Å². The molecule has 0 aliphatic heterocycles. The molecule has 0 unspecified atom stereocenters. The van der Waals surface area contributed by atoms with Crippen LogP contribution in [0.25, 0.3) is 0 Å². The van der Waals surface area contributed by atoms with E-state index in [1.165, 1.54) is 0 Å². The van der Waals surface area contributed by atoms with E-state index in [9.17, 15) is 0 Å². The predicted molar refractivity (Wildman–Crippen MR) is 82.9 cm³/mol. The number of rotatable bonds is 7. The fourth-order valence-electron chi connectivity index (χ4n) is 1.84. The molecule has 0 saturated heterocycles. The second kappa shape index (κ2) is 7.44. The molecule has 0 amide bonds. The van der Waals surface area contributed by atoms with Crippen LogP contribution in [-0.2, 0) is 11.2 Å². The van der Waals surface area contributed by atoms with Gasteiger partial charge in [0.15, 0.2) is 0 Å². The zero-order valence-electron chi connectivity index (χ0n) is 12.3. The van der Waals surface area contributed by atoms with Gasteiger partial charge in [0.2, 0.25) is 0 Å². The average Bonchev–Trinajstić information content (AvgIpc) is 2.47. The summed E-state index contributed by atoms with van der Waals surface area (Å²) in [6.45, 7) is 3.17. The monoisotopic (exact) mass is 288 g/mol. The molecule has 6 heteroatoms. The van der Waals surface area contributed by atoms with Crippen LogP contribution in [0, 0.1) is 0 Å². The number of methoxy groups -OCH3 is 1. The van der Waals surface area contributed by atoms with Crippen molar-refractivity contribution in [3.63, 3.8) is 0 Å². The van der Waals surface area contributed by atoms with Gasteiger partial charge in [-0.3, -0.25) is 0 Å². The number of hydrogen-bond donors (Lipinski definition) is 2. The highest BCUT2D eigenvalue weighted by atomic mass is 16.5. The Morgan fingerprint density at radius 3 is 2.62 bits per heavy atom. The summed E-state index contributed by atoms with van der Waals surface area (Å²) < 4.78 is 10.4. The Hall–Kier alpha value is -2.34. The number of nitrogen functional groups attached to an aromatic ring is 1. The van der Waals surface area contributed by atoms with Crippen LogP contribution in [0.4, 0.5) is 17.3 Å². The van der Waals surface area contributed by atoms with Gasteiger partial charge in [-0.25, -0.2) is 9.97 Å². The minimum Gasteiger partial charge on any atom is -0.494 e. The topological polar surface area (TPSA) is 82.3 Å². The van der Waals surface area contributed by atoms with Gasteiger partial charge in [0.1, 0.15) is 23.2 Å². The average molecular weight is 288 g/mol. The van der Waals surface area contributed by atoms with Crippen LogP contribution in [0.15, 0.2) is 30.3 Å². The van der Waals surface area contributed by atoms with Gasteiger partial charge in [0.25, 0.3) is 0 Å². The molecule has 0 aliphatic rings. The summed E-state index contributed by atoms with van der Waals surface area (Å²) in [5, 5.41) is 3.20. The van der Waals surface area contributed by atoms with Crippen LogP contribution in [0.5, 0.6) is 5.75 Å².